The average Bonchev–Trinajstić information content (AvgIpc) is 3.51. The average molecular weight is 410 g/mol. The van der Waals surface area contributed by atoms with Crippen LogP contribution in [0.5, 0.6) is 5.75 Å². The van der Waals surface area contributed by atoms with E-state index in [9.17, 15) is 9.65 Å². The van der Waals surface area contributed by atoms with Gasteiger partial charge in [0.05, 0.1) is 30.6 Å². The molecule has 0 saturated heterocycles. The number of aromatic nitrogens is 1. The quantitative estimate of drug-likeness (QED) is 0.338. The molecule has 0 radical (unpaired) electrons. The highest BCUT2D eigenvalue weighted by Gasteiger charge is 2.11. The number of benzene rings is 2. The Labute approximate surface area is 176 Å². The minimum absolute atomic E-state index is 0.226. The molecule has 5 nitrogen and oxygen atoms in total. The predicted octanol–water partition coefficient (Wildman–Crippen LogP) is 6.34. The Balaban J connectivity index is 1.45. The highest BCUT2D eigenvalue weighted by Crippen LogP contribution is 2.30. The molecule has 0 spiro atoms. The van der Waals surface area contributed by atoms with E-state index in [0.29, 0.717) is 22.5 Å². The van der Waals surface area contributed by atoms with Crippen LogP contribution >= 0.6 is 0 Å². The third-order valence-corrected chi connectivity index (χ3v) is 4.95. The lowest BCUT2D eigenvalue weighted by atomic mass is 10.0. The maximum absolute atomic E-state index is 14.1. The Morgan fingerprint density at radius 3 is 2.45 bits per heavy atom. The smallest absolute Gasteiger partial charge is 0.141 e. The van der Waals surface area contributed by atoms with Gasteiger partial charge >= 0.3 is 0 Å². The van der Waals surface area contributed by atoms with Crippen LogP contribution in [0.4, 0.5) is 4.39 Å². The maximum Gasteiger partial charge on any atom is 0.141 e. The van der Waals surface area contributed by atoms with Gasteiger partial charge in [-0.2, -0.15) is 5.26 Å². The van der Waals surface area contributed by atoms with E-state index in [0.717, 1.165) is 27.6 Å². The van der Waals surface area contributed by atoms with E-state index in [4.69, 9.17) is 13.6 Å². The van der Waals surface area contributed by atoms with E-state index in [2.05, 4.69) is 11.1 Å². The number of fused-ring (bicyclic) bond motifs is 1. The Bertz CT molecular complexity index is 1400. The number of nitriles is 1. The minimum atomic E-state index is -0.391. The third kappa shape index (κ3) is 3.77. The van der Waals surface area contributed by atoms with Crippen molar-refractivity contribution < 1.29 is 18.0 Å². The van der Waals surface area contributed by atoms with Crippen LogP contribution in [-0.4, -0.2) is 4.98 Å². The first-order valence-corrected chi connectivity index (χ1v) is 9.52. The molecule has 3 heterocycles. The molecule has 2 aromatic carbocycles. The number of halogens is 1. The van der Waals surface area contributed by atoms with Crippen molar-refractivity contribution in [3.8, 4) is 34.1 Å². The summed E-state index contributed by atoms with van der Waals surface area (Å²) in [5.41, 5.74) is 5.04. The first-order chi connectivity index (χ1) is 15.2. The SMILES string of the molecule is N#Cc1cc(-c2ccoc2)c2ccc(COc3cc(F)cc(-c4ccoc4)c3)cc2n1. The summed E-state index contributed by atoms with van der Waals surface area (Å²) in [6.45, 7) is 0.226. The lowest BCUT2D eigenvalue weighted by molar-refractivity contribution is 0.305. The van der Waals surface area contributed by atoms with Crippen LogP contribution in [0.15, 0.2) is 88.5 Å². The van der Waals surface area contributed by atoms with Gasteiger partial charge in [-0.3, -0.25) is 0 Å². The molecular formula is C25H15FN2O3. The molecule has 0 aliphatic rings. The van der Waals surface area contributed by atoms with Crippen LogP contribution in [0.1, 0.15) is 11.3 Å². The molecule has 3 aromatic heterocycles. The van der Waals surface area contributed by atoms with Crippen molar-refractivity contribution in [2.24, 2.45) is 0 Å². The monoisotopic (exact) mass is 410 g/mol. The van der Waals surface area contributed by atoms with Crippen LogP contribution in [-0.2, 0) is 6.61 Å². The van der Waals surface area contributed by atoms with Crippen molar-refractivity contribution >= 4 is 10.9 Å². The Morgan fingerprint density at radius 1 is 0.903 bits per heavy atom. The van der Waals surface area contributed by atoms with Crippen molar-refractivity contribution in [2.45, 2.75) is 6.61 Å². The second-order valence-electron chi connectivity index (χ2n) is 7.01. The molecule has 5 aromatic rings. The van der Waals surface area contributed by atoms with Crippen molar-refractivity contribution in [1.82, 2.24) is 4.98 Å². The molecule has 0 aliphatic carbocycles. The summed E-state index contributed by atoms with van der Waals surface area (Å²) >= 11 is 0. The highest BCUT2D eigenvalue weighted by atomic mass is 19.1. The minimum Gasteiger partial charge on any atom is -0.489 e. The molecule has 5 rings (SSSR count). The second-order valence-corrected chi connectivity index (χ2v) is 7.01. The summed E-state index contributed by atoms with van der Waals surface area (Å²) in [6.07, 6.45) is 6.31. The number of pyridine rings is 1. The molecule has 6 heteroatoms. The predicted molar refractivity (Wildman–Crippen MR) is 113 cm³/mol. The second kappa shape index (κ2) is 7.81. The lowest BCUT2D eigenvalue weighted by Crippen LogP contribution is -1.97. The van der Waals surface area contributed by atoms with E-state index < -0.39 is 5.82 Å². The topological polar surface area (TPSA) is 72.2 Å². The van der Waals surface area contributed by atoms with Gasteiger partial charge in [0.15, 0.2) is 0 Å². The van der Waals surface area contributed by atoms with Crippen LogP contribution in [0.3, 0.4) is 0 Å². The largest absolute Gasteiger partial charge is 0.489 e. The first kappa shape index (κ1) is 18.6. The zero-order valence-corrected chi connectivity index (χ0v) is 16.2. The van der Waals surface area contributed by atoms with Crippen LogP contribution in [0.2, 0.25) is 0 Å². The molecule has 0 bridgehead atoms. The summed E-state index contributed by atoms with van der Waals surface area (Å²) in [6, 6.07) is 17.7. The zero-order chi connectivity index (χ0) is 21.2. The van der Waals surface area contributed by atoms with E-state index in [1.807, 2.05) is 24.3 Å². The number of ether oxygens (including phenoxy) is 1. The van der Waals surface area contributed by atoms with Crippen molar-refractivity contribution in [1.29, 1.82) is 5.26 Å². The van der Waals surface area contributed by atoms with Crippen LogP contribution in [0, 0.1) is 17.1 Å². The third-order valence-electron chi connectivity index (χ3n) is 4.95. The number of hydrogen-bond acceptors (Lipinski definition) is 5. The van der Waals surface area contributed by atoms with E-state index >= 15 is 0 Å². The number of furan rings is 2. The van der Waals surface area contributed by atoms with Gasteiger partial charge in [-0.05, 0) is 53.1 Å². The summed E-state index contributed by atoms with van der Waals surface area (Å²) in [5.74, 6) is 0.0198. The Morgan fingerprint density at radius 2 is 1.71 bits per heavy atom. The molecule has 150 valence electrons. The molecular weight excluding hydrogens is 395 g/mol. The van der Waals surface area contributed by atoms with Gasteiger partial charge in [-0.25, -0.2) is 9.37 Å². The Kier molecular flexibility index (Phi) is 4.70. The normalized spacial score (nSPS) is 10.8. The first-order valence-electron chi connectivity index (χ1n) is 9.52. The summed E-state index contributed by atoms with van der Waals surface area (Å²) in [7, 11) is 0. The molecule has 0 saturated carbocycles. The van der Waals surface area contributed by atoms with Gasteiger partial charge in [0.1, 0.15) is 29.9 Å². The fraction of sp³-hybridized carbons (Fsp3) is 0.0400. The van der Waals surface area contributed by atoms with Crippen molar-refractivity contribution in [3.63, 3.8) is 0 Å². The van der Waals surface area contributed by atoms with Gasteiger partial charge in [0.2, 0.25) is 0 Å². The van der Waals surface area contributed by atoms with Gasteiger partial charge < -0.3 is 13.6 Å². The molecule has 0 fully saturated rings. The standard InChI is InChI=1S/C25H15FN2O3/c26-20-8-19(17-3-5-29-14-17)9-22(10-20)31-13-16-1-2-23-24(18-4-6-30-15-18)11-21(12-27)28-25(23)7-16/h1-11,14-15H,13H2. The van der Waals surface area contributed by atoms with Gasteiger partial charge in [-0.1, -0.05) is 12.1 Å². The summed E-state index contributed by atoms with van der Waals surface area (Å²) in [4.78, 5) is 4.42. The van der Waals surface area contributed by atoms with E-state index in [1.54, 1.807) is 37.0 Å². The molecule has 0 N–H and O–H groups in total. The van der Waals surface area contributed by atoms with E-state index in [-0.39, 0.29) is 6.61 Å². The van der Waals surface area contributed by atoms with Gasteiger partial charge in [-0.15, -0.1) is 0 Å². The fourth-order valence-electron chi connectivity index (χ4n) is 3.49. The molecule has 0 amide bonds. The lowest BCUT2D eigenvalue weighted by Gasteiger charge is -2.10. The highest BCUT2D eigenvalue weighted by molar-refractivity contribution is 5.95. The zero-order valence-electron chi connectivity index (χ0n) is 16.2. The Hall–Kier alpha value is -4.37. The van der Waals surface area contributed by atoms with Crippen LogP contribution in [0.25, 0.3) is 33.2 Å². The number of hydrogen-bond donors (Lipinski definition) is 0. The van der Waals surface area contributed by atoms with Gasteiger partial charge in [0.25, 0.3) is 0 Å². The molecule has 0 unspecified atom stereocenters. The number of nitrogens with zero attached hydrogens (tertiary/aromatic N) is 2. The van der Waals surface area contributed by atoms with Crippen LogP contribution < -0.4 is 4.74 Å². The summed E-state index contributed by atoms with van der Waals surface area (Å²) in [5, 5.41) is 10.3. The van der Waals surface area contributed by atoms with Crippen molar-refractivity contribution in [2.75, 3.05) is 0 Å². The fourth-order valence-corrected chi connectivity index (χ4v) is 3.49. The number of rotatable bonds is 5. The molecule has 0 aliphatic heterocycles. The molecule has 31 heavy (non-hydrogen) atoms. The van der Waals surface area contributed by atoms with E-state index in [1.165, 1.54) is 18.4 Å². The summed E-state index contributed by atoms with van der Waals surface area (Å²) < 4.78 is 30.2. The maximum atomic E-state index is 14.1. The van der Waals surface area contributed by atoms with Crippen molar-refractivity contribution in [3.05, 3.63) is 96.7 Å². The van der Waals surface area contributed by atoms with Gasteiger partial charge in [0, 0.05) is 22.6 Å². The molecule has 0 atom stereocenters.